The second kappa shape index (κ2) is 7.31. The summed E-state index contributed by atoms with van der Waals surface area (Å²) in [6.45, 7) is 4.02. The van der Waals surface area contributed by atoms with Gasteiger partial charge in [0.25, 0.3) is 5.91 Å². The van der Waals surface area contributed by atoms with Crippen molar-refractivity contribution >= 4 is 39.0 Å². The van der Waals surface area contributed by atoms with Crippen molar-refractivity contribution in [3.63, 3.8) is 0 Å². The van der Waals surface area contributed by atoms with Crippen LogP contribution in [0.4, 0.5) is 21.6 Å². The number of benzene rings is 2. The first-order valence-corrected chi connectivity index (χ1v) is 10.9. The monoisotopic (exact) mass is 423 g/mol. The van der Waals surface area contributed by atoms with E-state index < -0.39 is 15.7 Å². The summed E-state index contributed by atoms with van der Waals surface area (Å²) in [6, 6.07) is 13.7. The van der Waals surface area contributed by atoms with E-state index in [0.717, 1.165) is 11.8 Å². The third kappa shape index (κ3) is 3.77. The van der Waals surface area contributed by atoms with Crippen molar-refractivity contribution in [1.82, 2.24) is 4.98 Å². The van der Waals surface area contributed by atoms with Crippen molar-refractivity contribution < 1.29 is 17.6 Å². The van der Waals surface area contributed by atoms with E-state index in [-0.39, 0.29) is 16.4 Å². The van der Waals surface area contributed by atoms with E-state index in [1.54, 1.807) is 41.3 Å². The Bertz CT molecular complexity index is 1290. The van der Waals surface area contributed by atoms with Crippen LogP contribution in [-0.4, -0.2) is 25.6 Å². The highest BCUT2D eigenvalue weighted by atomic mass is 32.2. The molecule has 1 amide bonds. The number of hydrogen-bond acceptors (Lipinski definition) is 4. The molecule has 0 saturated carbocycles. The summed E-state index contributed by atoms with van der Waals surface area (Å²) in [6.07, 6.45) is 4.74. The number of allylic oxidation sites excluding steroid dienone is 1. The standard InChI is InChI=1S/C22H18FN3O3S/c1-14-6-7-15-12-20(25-21(15)26(14)18-10-8-16(23)9-11-18)22(27)24-17-4-3-5-19(13-17)30(2,28)29/h3-13,25H,1H2,2H3,(H,24,27). The molecule has 0 saturated heterocycles. The van der Waals surface area contributed by atoms with E-state index in [0.29, 0.717) is 22.9 Å². The molecule has 1 aliphatic rings. The number of carbonyl (C=O) groups excluding carboxylic acids is 1. The van der Waals surface area contributed by atoms with Crippen LogP contribution in [0.25, 0.3) is 6.08 Å². The topological polar surface area (TPSA) is 82.3 Å². The average Bonchev–Trinajstić information content (AvgIpc) is 3.13. The molecule has 1 aliphatic heterocycles. The van der Waals surface area contributed by atoms with Gasteiger partial charge in [-0.15, -0.1) is 0 Å². The molecule has 152 valence electrons. The average molecular weight is 423 g/mol. The zero-order chi connectivity index (χ0) is 21.5. The minimum Gasteiger partial charge on any atom is -0.336 e. The number of nitrogens with zero attached hydrogens (tertiary/aromatic N) is 1. The maximum atomic E-state index is 13.3. The molecule has 8 heteroatoms. The number of rotatable bonds is 4. The molecule has 0 bridgehead atoms. The third-order valence-electron chi connectivity index (χ3n) is 4.64. The fraction of sp³-hybridized carbons (Fsp3) is 0.0455. The molecule has 2 N–H and O–H groups in total. The van der Waals surface area contributed by atoms with E-state index in [4.69, 9.17) is 0 Å². The zero-order valence-corrected chi connectivity index (χ0v) is 16.8. The number of fused-ring (bicyclic) bond motifs is 1. The number of amides is 1. The summed E-state index contributed by atoms with van der Waals surface area (Å²) in [7, 11) is -3.39. The predicted molar refractivity (Wildman–Crippen MR) is 115 cm³/mol. The van der Waals surface area contributed by atoms with Gasteiger partial charge in [0.05, 0.1) is 4.90 Å². The Balaban J connectivity index is 1.64. The molecule has 0 spiro atoms. The van der Waals surface area contributed by atoms with E-state index >= 15 is 0 Å². The fourth-order valence-corrected chi connectivity index (χ4v) is 3.85. The first-order valence-electron chi connectivity index (χ1n) is 8.99. The molecule has 30 heavy (non-hydrogen) atoms. The van der Waals surface area contributed by atoms with Crippen molar-refractivity contribution in [2.75, 3.05) is 16.5 Å². The highest BCUT2D eigenvalue weighted by Crippen LogP contribution is 2.36. The van der Waals surface area contributed by atoms with Crippen LogP contribution in [0.2, 0.25) is 0 Å². The molecule has 0 unspecified atom stereocenters. The van der Waals surface area contributed by atoms with Crippen molar-refractivity contribution in [3.05, 3.63) is 90.0 Å². The molecule has 0 fully saturated rings. The van der Waals surface area contributed by atoms with Gasteiger partial charge in [0.15, 0.2) is 9.84 Å². The van der Waals surface area contributed by atoms with E-state index in [1.165, 1.54) is 24.3 Å². The fourth-order valence-electron chi connectivity index (χ4n) is 3.19. The highest BCUT2D eigenvalue weighted by molar-refractivity contribution is 7.90. The van der Waals surface area contributed by atoms with Gasteiger partial charge in [0.2, 0.25) is 0 Å². The summed E-state index contributed by atoms with van der Waals surface area (Å²) < 4.78 is 36.8. The van der Waals surface area contributed by atoms with E-state index in [2.05, 4.69) is 16.9 Å². The number of aromatic nitrogens is 1. The molecular weight excluding hydrogens is 405 g/mol. The number of H-pyrrole nitrogens is 1. The van der Waals surface area contributed by atoms with Gasteiger partial charge in [-0.2, -0.15) is 0 Å². The molecule has 6 nitrogen and oxygen atoms in total. The van der Waals surface area contributed by atoms with Gasteiger partial charge >= 0.3 is 0 Å². The summed E-state index contributed by atoms with van der Waals surface area (Å²) in [5, 5.41) is 2.70. The maximum absolute atomic E-state index is 13.3. The second-order valence-electron chi connectivity index (χ2n) is 6.88. The van der Waals surface area contributed by atoms with Gasteiger partial charge in [-0.05, 0) is 60.7 Å². The molecule has 0 aliphatic carbocycles. The number of nitrogens with one attached hydrogen (secondary N) is 2. The van der Waals surface area contributed by atoms with Gasteiger partial charge in [0, 0.05) is 28.9 Å². The second-order valence-corrected chi connectivity index (χ2v) is 8.89. The van der Waals surface area contributed by atoms with Gasteiger partial charge in [0.1, 0.15) is 17.3 Å². The molecule has 2 heterocycles. The quantitative estimate of drug-likeness (QED) is 0.648. The smallest absolute Gasteiger partial charge is 0.272 e. The molecule has 0 atom stereocenters. The molecule has 4 rings (SSSR count). The van der Waals surface area contributed by atoms with Crippen molar-refractivity contribution in [3.8, 4) is 0 Å². The molecular formula is C22H18FN3O3S. The summed E-state index contributed by atoms with van der Waals surface area (Å²) in [4.78, 5) is 17.7. The summed E-state index contributed by atoms with van der Waals surface area (Å²) in [5.74, 6) is -0.141. The van der Waals surface area contributed by atoms with E-state index in [1.807, 2.05) is 6.08 Å². The highest BCUT2D eigenvalue weighted by Gasteiger charge is 2.23. The minimum absolute atomic E-state index is 0.118. The van der Waals surface area contributed by atoms with Crippen LogP contribution >= 0.6 is 0 Å². The van der Waals surface area contributed by atoms with Crippen LogP contribution in [0.15, 0.2) is 77.8 Å². The molecule has 2 aromatic carbocycles. The number of aromatic amines is 1. The summed E-state index contributed by atoms with van der Waals surface area (Å²) >= 11 is 0. The Morgan fingerprint density at radius 2 is 1.83 bits per heavy atom. The number of hydrogen-bond donors (Lipinski definition) is 2. The Labute approximate surface area is 173 Å². The number of carbonyl (C=O) groups is 1. The predicted octanol–water partition coefficient (Wildman–Crippen LogP) is 4.49. The maximum Gasteiger partial charge on any atom is 0.272 e. The molecule has 3 aromatic rings. The van der Waals surface area contributed by atoms with Crippen LogP contribution in [-0.2, 0) is 9.84 Å². The summed E-state index contributed by atoms with van der Waals surface area (Å²) in [5.41, 5.74) is 2.77. The first-order chi connectivity index (χ1) is 14.2. The molecule has 1 aromatic heterocycles. The van der Waals surface area contributed by atoms with Gasteiger partial charge in [-0.1, -0.05) is 12.6 Å². The number of halogens is 1. The van der Waals surface area contributed by atoms with Gasteiger partial charge < -0.3 is 10.3 Å². The SMILES string of the molecule is C=C1C=Cc2cc(C(=O)Nc3cccc(S(C)(=O)=O)c3)[nH]c2N1c1ccc(F)cc1. The third-order valence-corrected chi connectivity index (χ3v) is 5.75. The van der Waals surface area contributed by atoms with Crippen molar-refractivity contribution in [2.24, 2.45) is 0 Å². The lowest BCUT2D eigenvalue weighted by Crippen LogP contribution is -2.18. The normalized spacial score (nSPS) is 13.3. The van der Waals surface area contributed by atoms with Gasteiger partial charge in [-0.25, -0.2) is 12.8 Å². The molecule has 0 radical (unpaired) electrons. The lowest BCUT2D eigenvalue weighted by Gasteiger charge is -2.27. The minimum atomic E-state index is -3.39. The largest absolute Gasteiger partial charge is 0.336 e. The van der Waals surface area contributed by atoms with Crippen molar-refractivity contribution in [2.45, 2.75) is 4.90 Å². The lowest BCUT2D eigenvalue weighted by molar-refractivity contribution is 0.102. The Morgan fingerprint density at radius 1 is 1.10 bits per heavy atom. The lowest BCUT2D eigenvalue weighted by atomic mass is 10.1. The zero-order valence-electron chi connectivity index (χ0n) is 16.0. The number of sulfone groups is 1. The van der Waals surface area contributed by atoms with Crippen LogP contribution in [0, 0.1) is 5.82 Å². The van der Waals surface area contributed by atoms with Crippen LogP contribution in [0.1, 0.15) is 16.1 Å². The van der Waals surface area contributed by atoms with Crippen LogP contribution in [0.5, 0.6) is 0 Å². The Hall–Kier alpha value is -3.65. The first kappa shape index (κ1) is 19.7. The van der Waals surface area contributed by atoms with Gasteiger partial charge in [-0.3, -0.25) is 9.69 Å². The number of anilines is 3. The Kier molecular flexibility index (Phi) is 4.79. The van der Waals surface area contributed by atoms with Crippen LogP contribution in [0.3, 0.4) is 0 Å². The Morgan fingerprint density at radius 3 is 2.53 bits per heavy atom. The van der Waals surface area contributed by atoms with Crippen LogP contribution < -0.4 is 10.2 Å². The van der Waals surface area contributed by atoms with E-state index in [9.17, 15) is 17.6 Å². The van der Waals surface area contributed by atoms with Crippen molar-refractivity contribution in [1.29, 1.82) is 0 Å².